The van der Waals surface area contributed by atoms with Gasteiger partial charge >= 0.3 is 17.6 Å². The van der Waals surface area contributed by atoms with Crippen LogP contribution in [0.3, 0.4) is 0 Å². The molecule has 149 heavy (non-hydrogen) atoms. The minimum atomic E-state index is -0.821. The van der Waals surface area contributed by atoms with Crippen molar-refractivity contribution in [2.75, 3.05) is 72.6 Å². The summed E-state index contributed by atoms with van der Waals surface area (Å²) >= 11 is 4.97. The van der Waals surface area contributed by atoms with Gasteiger partial charge in [0.05, 0.1) is 24.2 Å². The van der Waals surface area contributed by atoms with E-state index < -0.39 is 62.5 Å². The molecule has 2 unspecified atom stereocenters. The first kappa shape index (κ1) is 139. The number of aromatic nitrogens is 2. The standard InChI is InChI=1S/C31H33F2N3O4.C24H28FN3O4.C10H21NO2.C9H21N.C8H7ClO2.C8H18N2O2.2C7H18N2.C5H13N.C4H8O.CH4O/c1-19(2)14-35-20(3)15-36-27(35)17-34-16-24(26(37)12-10-22-9-11-23(32)13-25(22)33)29(38)30(28(34)31(36)39)40-18-21-7-5-4-6-8-21;1-14(2)10-26-11-15(3)28-20(26)13-27-12-18(22(30)23(31)21(27)24(28)32)19(29)9-6-16-4-7-17(25)8-5-16;1-6-7-8(2)11-9(12)13-10(3,4)5;1-5-6-9(4)10-7-8(2)3;9-8(10)11-6-7-4-2-1-3-5-7;1-6(5-9)10-7(11)12-8(2,3)4;1-6(2)5-9-7(3)4-8;1-6(2)4-9-5-7(3)8;1-3-4-5(2)6;1-4(2)3-5;1-2/h4-9,11,13,16,19-20,27H,10,12,14-15,17-18H2,1-3H3;4-5,7-8,12,14-15,20,31H,6,9-11,13H2,1-3H3;8H,6-7H2,1-5H3,(H,11,12);8-10H,5-7H2,1-4H3;1-5H,6H2;6H,5,9H2,1-4H3,(H,10,11);2*6-7,9H,4-5,8H2,1-3H3;5H,3-4,6H2,1-2H3;3-4H,1-2H3;2H,1H3/t20-,27?;15-,20?;8-;9-;;6-;2*7-;5-;;/m0100.0010../s1. The highest BCUT2D eigenvalue weighted by Gasteiger charge is 2.48. The van der Waals surface area contributed by atoms with Crippen LogP contribution in [0.2, 0.25) is 0 Å². The van der Waals surface area contributed by atoms with Gasteiger partial charge in [-0.3, -0.25) is 38.6 Å². The lowest BCUT2D eigenvalue weighted by Crippen LogP contribution is -2.52. The van der Waals surface area contributed by atoms with Crippen LogP contribution in [0.4, 0.5) is 27.6 Å². The van der Waals surface area contributed by atoms with Gasteiger partial charge in [-0.05, 0) is 219 Å². The number of nitrogens with one attached hydrogen (secondary N) is 5. The van der Waals surface area contributed by atoms with Crippen LogP contribution >= 0.6 is 11.6 Å². The third-order valence-corrected chi connectivity index (χ3v) is 22.6. The predicted octanol–water partition coefficient (Wildman–Crippen LogP) is 18.6. The second-order valence-corrected chi connectivity index (χ2v) is 43.2. The van der Waals surface area contributed by atoms with Crippen LogP contribution in [0.1, 0.15) is 316 Å². The Balaban J connectivity index is 0.00000178. The predicted molar refractivity (Wildman–Crippen MR) is 595 cm³/mol. The van der Waals surface area contributed by atoms with Gasteiger partial charge in [0, 0.05) is 150 Å². The molecule has 2 fully saturated rings. The van der Waals surface area contributed by atoms with E-state index in [4.69, 9.17) is 53.9 Å². The van der Waals surface area contributed by atoms with E-state index >= 15 is 0 Å². The lowest BCUT2D eigenvalue weighted by Gasteiger charge is -2.38. The third kappa shape index (κ3) is 57.9. The summed E-state index contributed by atoms with van der Waals surface area (Å²) in [6, 6.07) is 29.7. The summed E-state index contributed by atoms with van der Waals surface area (Å²) in [7, 11) is 1.00. The number of amides is 4. The number of aromatic hydroxyl groups is 1. The Bertz CT molecular complexity index is 4930. The van der Waals surface area contributed by atoms with Crippen LogP contribution in [0.15, 0.2) is 125 Å². The summed E-state index contributed by atoms with van der Waals surface area (Å²) in [6.07, 6.45) is 9.86. The fourth-order valence-electron chi connectivity index (χ4n) is 15.2. The molecule has 2 saturated heterocycles. The number of Topliss-reactive ketones (excluding diaryl/α,β-unsaturated/α-hetero) is 2. The largest absolute Gasteiger partial charge is 0.503 e. The lowest BCUT2D eigenvalue weighted by molar-refractivity contribution is -0.110. The molecule has 4 aliphatic rings. The van der Waals surface area contributed by atoms with Gasteiger partial charge in [-0.25, -0.2) is 27.6 Å². The molecule has 31 nitrogen and oxygen atoms in total. The molecule has 0 radical (unpaired) electrons. The Morgan fingerprint density at radius 1 is 0.510 bits per heavy atom. The first-order chi connectivity index (χ1) is 69.8. The van der Waals surface area contributed by atoms with Crippen molar-refractivity contribution in [3.63, 3.8) is 0 Å². The molecule has 844 valence electrons. The molecule has 0 aliphatic carbocycles. The molecule has 4 aromatic carbocycles. The number of carbonyl (C=O) groups excluding carboxylic acids is 8. The summed E-state index contributed by atoms with van der Waals surface area (Å²) in [5.41, 5.74) is 21.1. The Labute approximate surface area is 893 Å². The number of halogens is 4. The van der Waals surface area contributed by atoms with E-state index in [0.29, 0.717) is 62.6 Å². The zero-order valence-corrected chi connectivity index (χ0v) is 96.1. The molecule has 15 N–H and O–H groups in total. The van der Waals surface area contributed by atoms with Crippen LogP contribution in [0.25, 0.3) is 0 Å². The number of fused-ring (bicyclic) bond motifs is 4. The highest BCUT2D eigenvalue weighted by molar-refractivity contribution is 6.61. The fourth-order valence-corrected chi connectivity index (χ4v) is 15.3. The average molecular weight is 2120 g/mol. The number of pyridine rings is 2. The normalized spacial score (nSPS) is 16.0. The molecule has 35 heteroatoms. The number of alkyl carbamates (subject to hydrolysis) is 2. The van der Waals surface area contributed by atoms with E-state index in [1.54, 1.807) is 31.1 Å². The lowest BCUT2D eigenvalue weighted by atomic mass is 10.0. The molecule has 0 saturated carbocycles. The van der Waals surface area contributed by atoms with Crippen LogP contribution in [0, 0.1) is 53.0 Å². The number of nitrogens with zero attached hydrogens (tertiary/aromatic N) is 6. The van der Waals surface area contributed by atoms with Crippen LogP contribution in [0.5, 0.6) is 11.5 Å². The topological polar surface area (TPSA) is 435 Å². The van der Waals surface area contributed by atoms with E-state index in [2.05, 4.69) is 152 Å². The molecule has 0 spiro atoms. The number of carbonyl (C=O) groups is 8. The summed E-state index contributed by atoms with van der Waals surface area (Å²) in [5, 5.41) is 33.0. The highest BCUT2D eigenvalue weighted by atomic mass is 35.5. The summed E-state index contributed by atoms with van der Waals surface area (Å²) in [6.45, 7) is 68.5. The van der Waals surface area contributed by atoms with E-state index in [1.165, 1.54) is 49.9 Å². The molecule has 10 rings (SSSR count). The van der Waals surface area contributed by atoms with Gasteiger partial charge in [-0.1, -0.05) is 202 Å². The molecular formula is C114H189ClF3N15O16. The Morgan fingerprint density at radius 3 is 1.41 bits per heavy atom. The van der Waals surface area contributed by atoms with Gasteiger partial charge in [-0.15, -0.1) is 0 Å². The number of aliphatic hydroxyl groups is 1. The van der Waals surface area contributed by atoms with Crippen molar-refractivity contribution in [2.24, 2.45) is 58.4 Å². The maximum Gasteiger partial charge on any atom is 0.407 e. The van der Waals surface area contributed by atoms with Crippen LogP contribution < -0.4 is 65.1 Å². The van der Waals surface area contributed by atoms with Crippen molar-refractivity contribution in [3.05, 3.63) is 198 Å². The molecule has 2 aromatic heterocycles. The number of rotatable bonds is 38. The summed E-state index contributed by atoms with van der Waals surface area (Å²) < 4.78 is 64.4. The molecule has 4 amide bonds. The van der Waals surface area contributed by atoms with Gasteiger partial charge in [0.25, 0.3) is 11.8 Å². The minimum Gasteiger partial charge on any atom is -0.503 e. The molecular weight excluding hydrogens is 1930 g/mol. The van der Waals surface area contributed by atoms with Crippen molar-refractivity contribution in [1.29, 1.82) is 0 Å². The van der Waals surface area contributed by atoms with Crippen molar-refractivity contribution in [1.82, 2.24) is 55.3 Å². The van der Waals surface area contributed by atoms with Crippen molar-refractivity contribution >= 4 is 58.9 Å². The maximum absolute atomic E-state index is 14.2. The number of benzene rings is 4. The third-order valence-electron chi connectivity index (χ3n) is 22.4. The molecule has 10 atom stereocenters. The number of ketones is 2. The first-order valence-electron chi connectivity index (χ1n) is 52.9. The van der Waals surface area contributed by atoms with Crippen LogP contribution in [-0.2, 0) is 58.2 Å². The summed E-state index contributed by atoms with van der Waals surface area (Å²) in [4.78, 5) is 130. The smallest absolute Gasteiger partial charge is 0.407 e. The molecule has 6 aromatic rings. The number of hydrogen-bond acceptors (Lipinski definition) is 25. The average Bonchev–Trinajstić information content (AvgIpc) is 1.34. The second-order valence-electron chi connectivity index (χ2n) is 42.9. The maximum atomic E-state index is 14.2. The Hall–Kier alpha value is -9.98. The fraction of sp³-hybridized carbons (Fsp3) is 0.632. The van der Waals surface area contributed by atoms with E-state index in [9.17, 15) is 66.2 Å². The SMILES string of the molecule is CC(C)C=O.CC(C)CN1C2Cn3cc(C(=O)CCc4ccc(F)cc4F)c(=O)c(OCc4ccccc4)c3C(=O)N2C[C@@H]1C.CC(C)CN1C[C@@H](C)N2C(=O)c3c(O)c(=O)c(C(=O)CCc4ccc(F)cc4)cn3CC12.CC(C)CNC[C@@H](C)N.CC(C)CN[C@@H](C)CN.CCC[C@H](C)N.CCC[C@H](C)NC(=O)OC(C)(C)C.CCC[C@H](C)NCC(C)C.CO.C[C@@H](CN)NC(=O)OC(C)(C)C.O=C(Cl)OCc1ccccc1. The van der Waals surface area contributed by atoms with Gasteiger partial charge in [0.15, 0.2) is 34.5 Å². The zero-order valence-electron chi connectivity index (χ0n) is 95.4. The van der Waals surface area contributed by atoms with Gasteiger partial charge in [0.2, 0.25) is 10.9 Å². The second kappa shape index (κ2) is 74.1. The molecule has 4 aliphatic heterocycles. The number of aldehydes is 1. The number of ether oxygens (including phenoxy) is 4. The van der Waals surface area contributed by atoms with Crippen LogP contribution in [-0.4, -0.2) is 231 Å². The van der Waals surface area contributed by atoms with Crippen molar-refractivity contribution in [3.8, 4) is 11.5 Å². The quantitative estimate of drug-likeness (QED) is 0.00742. The summed E-state index contributed by atoms with van der Waals surface area (Å²) in [5.74, 6) is -0.993. The van der Waals surface area contributed by atoms with Gasteiger partial charge < -0.3 is 102 Å². The van der Waals surface area contributed by atoms with Gasteiger partial charge in [-0.2, -0.15) is 0 Å². The molecule has 6 heterocycles. The molecule has 0 bridgehead atoms. The number of aryl methyl sites for hydroxylation is 2. The van der Waals surface area contributed by atoms with E-state index in [0.717, 1.165) is 132 Å². The Kier molecular flexibility index (Phi) is 69.1. The first-order valence-corrected chi connectivity index (χ1v) is 53.3. The number of aliphatic hydroxyl groups excluding tert-OH is 1. The number of nitrogens with two attached hydrogens (primary N) is 4. The Morgan fingerprint density at radius 2 is 0.966 bits per heavy atom. The van der Waals surface area contributed by atoms with Gasteiger partial charge in [0.1, 0.15) is 60.5 Å². The van der Waals surface area contributed by atoms with E-state index in [1.807, 2.05) is 151 Å². The zero-order chi connectivity index (χ0) is 114. The minimum absolute atomic E-state index is 0.00135. The van der Waals surface area contributed by atoms with Crippen molar-refractivity contribution in [2.45, 2.75) is 363 Å². The number of hydrogen-bond donors (Lipinski definition) is 11. The van der Waals surface area contributed by atoms with E-state index in [-0.39, 0.29) is 138 Å². The monoisotopic (exact) mass is 2120 g/mol. The highest BCUT2D eigenvalue weighted by Crippen LogP contribution is 2.35. The van der Waals surface area contributed by atoms with Crippen molar-refractivity contribution < 1.29 is 80.7 Å².